The molecule has 1 spiro atoms. The van der Waals surface area contributed by atoms with E-state index >= 15 is 0 Å². The summed E-state index contributed by atoms with van der Waals surface area (Å²) in [6, 6.07) is 11.5. The summed E-state index contributed by atoms with van der Waals surface area (Å²) in [6.45, 7) is 0. The van der Waals surface area contributed by atoms with E-state index in [1.807, 2.05) is 18.2 Å². The Bertz CT molecular complexity index is 971. The molecule has 142 valence electrons. The van der Waals surface area contributed by atoms with E-state index in [1.54, 1.807) is 13.3 Å². The van der Waals surface area contributed by atoms with Crippen LogP contribution in [0.3, 0.4) is 0 Å². The van der Waals surface area contributed by atoms with Gasteiger partial charge in [-0.25, -0.2) is 18.5 Å². The van der Waals surface area contributed by atoms with Crippen molar-refractivity contribution in [3.63, 3.8) is 0 Å². The zero-order valence-corrected chi connectivity index (χ0v) is 16.3. The van der Waals surface area contributed by atoms with Gasteiger partial charge in [0, 0.05) is 6.20 Å². The fraction of sp³-hybridized carbons (Fsp3) is 0.381. The number of sulfonamides is 1. The number of nitrogens with two attached hydrogens (primary N) is 1. The normalized spacial score (nSPS) is 19.0. The summed E-state index contributed by atoms with van der Waals surface area (Å²) >= 11 is 0. The van der Waals surface area contributed by atoms with Crippen molar-refractivity contribution in [2.75, 3.05) is 7.11 Å². The number of ether oxygens (including phenoxy) is 1. The van der Waals surface area contributed by atoms with Crippen LogP contribution in [0, 0.1) is 5.41 Å². The van der Waals surface area contributed by atoms with Crippen molar-refractivity contribution in [1.29, 1.82) is 0 Å². The molecule has 0 radical (unpaired) electrons. The monoisotopic (exact) mass is 384 g/mol. The van der Waals surface area contributed by atoms with Crippen LogP contribution in [0.1, 0.15) is 49.7 Å². The van der Waals surface area contributed by atoms with Crippen molar-refractivity contribution in [2.24, 2.45) is 10.6 Å². The van der Waals surface area contributed by atoms with Gasteiger partial charge in [0.25, 0.3) is 10.0 Å². The number of nitrogens with zero attached hydrogens (tertiary/aromatic N) is 1. The lowest BCUT2D eigenvalue weighted by Gasteiger charge is -2.23. The molecule has 1 fully saturated rings. The summed E-state index contributed by atoms with van der Waals surface area (Å²) in [4.78, 5) is 4.10. The van der Waals surface area contributed by atoms with E-state index in [9.17, 15) is 8.42 Å². The topological polar surface area (TPSA) is 82.3 Å². The van der Waals surface area contributed by atoms with Crippen LogP contribution < -0.4 is 9.88 Å². The summed E-state index contributed by atoms with van der Waals surface area (Å²) in [6.07, 6.45) is 8.79. The first-order valence-corrected chi connectivity index (χ1v) is 10.8. The maximum Gasteiger partial charge on any atom is 0.255 e. The molecule has 2 aliphatic rings. The predicted octanol–water partition coefficient (Wildman–Crippen LogP) is 4.00. The number of aromatic nitrogens is 1. The van der Waals surface area contributed by atoms with Crippen LogP contribution in [-0.2, 0) is 10.0 Å². The molecular formula is C21H24N2O3S. The minimum absolute atomic E-state index is 0.0913. The summed E-state index contributed by atoms with van der Waals surface area (Å²) < 4.78 is 28.3. The third kappa shape index (κ3) is 3.51. The predicted molar refractivity (Wildman–Crippen MR) is 106 cm³/mol. The molecule has 1 aromatic heterocycles. The molecule has 27 heavy (non-hydrogen) atoms. The molecule has 0 amide bonds. The standard InChI is InChI=1S/C21H24N2O3S/c1-26-17-7-4-15(5-8-17)18-12-21(10-2-3-11-21)13-19(18)16-6-9-20(23-14-16)27(22,24)25/h4-9,14H,2-3,10-13H2,1H3,(H2,22,24,25). The Kier molecular flexibility index (Phi) is 4.56. The molecule has 6 heteroatoms. The molecule has 0 atom stereocenters. The van der Waals surface area contributed by atoms with Crippen LogP contribution in [0.5, 0.6) is 5.75 Å². The van der Waals surface area contributed by atoms with E-state index in [2.05, 4.69) is 17.1 Å². The van der Waals surface area contributed by atoms with Gasteiger partial charge >= 0.3 is 0 Å². The number of rotatable bonds is 4. The summed E-state index contributed by atoms with van der Waals surface area (Å²) in [5, 5.41) is 5.09. The van der Waals surface area contributed by atoms with Crippen LogP contribution in [0.15, 0.2) is 47.6 Å². The van der Waals surface area contributed by atoms with Gasteiger partial charge in [0.15, 0.2) is 5.03 Å². The van der Waals surface area contributed by atoms with E-state index < -0.39 is 10.0 Å². The van der Waals surface area contributed by atoms with Gasteiger partial charge in [-0.3, -0.25) is 0 Å². The molecule has 1 saturated carbocycles. The average Bonchev–Trinajstić information content (AvgIpc) is 3.28. The van der Waals surface area contributed by atoms with Crippen molar-refractivity contribution >= 4 is 21.2 Å². The van der Waals surface area contributed by atoms with Crippen LogP contribution in [0.25, 0.3) is 11.1 Å². The maximum atomic E-state index is 11.5. The molecule has 0 bridgehead atoms. The Morgan fingerprint density at radius 1 is 0.963 bits per heavy atom. The third-order valence-corrected chi connectivity index (χ3v) is 6.77. The van der Waals surface area contributed by atoms with Crippen molar-refractivity contribution in [1.82, 2.24) is 4.98 Å². The number of hydrogen-bond donors (Lipinski definition) is 1. The lowest BCUT2D eigenvalue weighted by Crippen LogP contribution is -2.14. The second kappa shape index (κ2) is 6.77. The Morgan fingerprint density at radius 2 is 1.56 bits per heavy atom. The smallest absolute Gasteiger partial charge is 0.255 e. The van der Waals surface area contributed by atoms with Gasteiger partial charge in [-0.2, -0.15) is 0 Å². The highest BCUT2D eigenvalue weighted by Gasteiger charge is 2.41. The minimum atomic E-state index is -3.78. The van der Waals surface area contributed by atoms with Gasteiger partial charge < -0.3 is 4.74 Å². The number of benzene rings is 1. The number of primary sulfonamides is 1. The van der Waals surface area contributed by atoms with Crippen molar-refractivity contribution < 1.29 is 13.2 Å². The van der Waals surface area contributed by atoms with Gasteiger partial charge in [0.1, 0.15) is 5.75 Å². The quantitative estimate of drug-likeness (QED) is 0.864. The molecule has 2 aliphatic carbocycles. The van der Waals surface area contributed by atoms with Gasteiger partial charge in [0.2, 0.25) is 0 Å². The average molecular weight is 385 g/mol. The number of hydrogen-bond acceptors (Lipinski definition) is 4. The molecule has 0 aliphatic heterocycles. The van der Waals surface area contributed by atoms with Crippen molar-refractivity contribution in [2.45, 2.75) is 43.6 Å². The lowest BCUT2D eigenvalue weighted by molar-refractivity contribution is 0.330. The van der Waals surface area contributed by atoms with Crippen LogP contribution >= 0.6 is 0 Å². The third-order valence-electron chi connectivity index (χ3n) is 5.95. The van der Waals surface area contributed by atoms with Crippen molar-refractivity contribution in [3.05, 3.63) is 53.7 Å². The van der Waals surface area contributed by atoms with E-state index in [1.165, 1.54) is 48.5 Å². The lowest BCUT2D eigenvalue weighted by atomic mass is 9.81. The molecule has 0 unspecified atom stereocenters. The minimum Gasteiger partial charge on any atom is -0.497 e. The Hall–Kier alpha value is -2.18. The molecular weight excluding hydrogens is 360 g/mol. The van der Waals surface area contributed by atoms with E-state index in [4.69, 9.17) is 9.88 Å². The molecule has 0 saturated heterocycles. The second-order valence-corrected chi connectivity index (χ2v) is 9.18. The molecule has 1 heterocycles. The van der Waals surface area contributed by atoms with Gasteiger partial charge in [-0.1, -0.05) is 31.0 Å². The molecule has 1 aromatic carbocycles. The Morgan fingerprint density at radius 3 is 2.07 bits per heavy atom. The van der Waals surface area contributed by atoms with Crippen LogP contribution in [0.4, 0.5) is 0 Å². The van der Waals surface area contributed by atoms with Crippen LogP contribution in [-0.4, -0.2) is 20.5 Å². The molecule has 5 nitrogen and oxygen atoms in total. The Labute approximate surface area is 160 Å². The highest BCUT2D eigenvalue weighted by molar-refractivity contribution is 7.89. The SMILES string of the molecule is COc1ccc(C2=C(c3ccc(S(N)(=O)=O)nc3)CC3(CCCC3)C2)cc1. The summed E-state index contributed by atoms with van der Waals surface area (Å²) in [7, 11) is -2.11. The number of pyridine rings is 1. The zero-order valence-electron chi connectivity index (χ0n) is 15.4. The summed E-state index contributed by atoms with van der Waals surface area (Å²) in [5.41, 5.74) is 5.13. The second-order valence-electron chi connectivity index (χ2n) is 7.68. The highest BCUT2D eigenvalue weighted by Crippen LogP contribution is 2.57. The van der Waals surface area contributed by atoms with Gasteiger partial charge in [0.05, 0.1) is 7.11 Å². The Balaban J connectivity index is 1.76. The van der Waals surface area contributed by atoms with Crippen molar-refractivity contribution in [3.8, 4) is 5.75 Å². The van der Waals surface area contributed by atoms with E-state index in [-0.39, 0.29) is 5.03 Å². The zero-order chi connectivity index (χ0) is 19.1. The molecule has 2 aromatic rings. The highest BCUT2D eigenvalue weighted by atomic mass is 32.2. The van der Waals surface area contributed by atoms with Gasteiger partial charge in [-0.15, -0.1) is 0 Å². The molecule has 4 rings (SSSR count). The fourth-order valence-corrected chi connectivity index (χ4v) is 5.03. The first-order chi connectivity index (χ1) is 12.9. The van der Waals surface area contributed by atoms with Gasteiger partial charge in [-0.05, 0) is 71.6 Å². The number of methoxy groups -OCH3 is 1. The maximum absolute atomic E-state index is 11.5. The largest absolute Gasteiger partial charge is 0.497 e. The fourth-order valence-electron chi connectivity index (χ4n) is 4.58. The van der Waals surface area contributed by atoms with Crippen LogP contribution in [0.2, 0.25) is 0 Å². The first-order valence-electron chi connectivity index (χ1n) is 9.26. The summed E-state index contributed by atoms with van der Waals surface area (Å²) in [5.74, 6) is 0.841. The number of allylic oxidation sites excluding steroid dienone is 2. The van der Waals surface area contributed by atoms with E-state index in [0.29, 0.717) is 5.41 Å². The first kappa shape index (κ1) is 18.2. The molecule has 2 N–H and O–H groups in total. The van der Waals surface area contributed by atoms with E-state index in [0.717, 1.165) is 24.2 Å².